The quantitative estimate of drug-likeness (QED) is 0.185. The number of carbonyl (C=O) groups excluding carboxylic acids is 4. The Morgan fingerprint density at radius 2 is 1.37 bits per heavy atom. The van der Waals surface area contributed by atoms with E-state index in [0.29, 0.717) is 0 Å². The topological polar surface area (TPSA) is 192 Å². The van der Waals surface area contributed by atoms with Gasteiger partial charge in [-0.15, -0.1) is 11.6 Å². The molecule has 3 aliphatic rings. The number of ether oxygens (including phenoxy) is 9. The largest absolute Gasteiger partial charge is 0.462 e. The standard InChI is InChI=1S/C22H31ClO15/c1-8(24)32-17-13(7-30-14(27)5-23)38-21(20(34-10(3)26)19(17)33-9(2)25)31-6-12-15(28)16(29)18-22(37-12)36-11(4)35-18/h11-13,15-22,28-29H,5-7H2,1-4H3/t11?,12-,13-,15-,16+,17-,18-,19+,20-,21+,22+/m1/s1. The number of alkyl halides is 1. The van der Waals surface area contributed by atoms with Gasteiger partial charge in [0.25, 0.3) is 0 Å². The molecule has 0 aromatic heterocycles. The lowest BCUT2D eigenvalue weighted by Gasteiger charge is -2.44. The minimum atomic E-state index is -1.50. The van der Waals surface area contributed by atoms with E-state index in [2.05, 4.69) is 0 Å². The van der Waals surface area contributed by atoms with Crippen LogP contribution < -0.4 is 0 Å². The van der Waals surface area contributed by atoms with E-state index in [1.807, 2.05) is 0 Å². The first-order chi connectivity index (χ1) is 17.9. The number of fused-ring (bicyclic) bond motifs is 1. The van der Waals surface area contributed by atoms with Crippen molar-refractivity contribution in [2.45, 2.75) is 95.4 Å². The van der Waals surface area contributed by atoms with Gasteiger partial charge >= 0.3 is 23.9 Å². The lowest BCUT2D eigenvalue weighted by molar-refractivity contribution is -0.322. The van der Waals surface area contributed by atoms with Crippen molar-refractivity contribution in [3.05, 3.63) is 0 Å². The zero-order valence-corrected chi connectivity index (χ0v) is 21.8. The Labute approximate surface area is 222 Å². The summed E-state index contributed by atoms with van der Waals surface area (Å²) in [6, 6.07) is 0. The monoisotopic (exact) mass is 570 g/mol. The number of hydrogen-bond donors (Lipinski definition) is 2. The summed E-state index contributed by atoms with van der Waals surface area (Å²) >= 11 is 5.48. The molecule has 216 valence electrons. The van der Waals surface area contributed by atoms with Crippen molar-refractivity contribution in [1.82, 2.24) is 0 Å². The van der Waals surface area contributed by atoms with Gasteiger partial charge < -0.3 is 52.8 Å². The molecule has 1 unspecified atom stereocenters. The second kappa shape index (κ2) is 13.3. The fourth-order valence-electron chi connectivity index (χ4n) is 4.27. The molecule has 3 fully saturated rings. The molecule has 0 bridgehead atoms. The Morgan fingerprint density at radius 3 is 1.97 bits per heavy atom. The van der Waals surface area contributed by atoms with Gasteiger partial charge in [0.05, 0.1) is 6.61 Å². The third kappa shape index (κ3) is 7.51. The second-order valence-electron chi connectivity index (χ2n) is 8.74. The van der Waals surface area contributed by atoms with Gasteiger partial charge in [-0.25, -0.2) is 0 Å². The highest BCUT2D eigenvalue weighted by Gasteiger charge is 2.54. The fraction of sp³-hybridized carbons (Fsp3) is 0.818. The van der Waals surface area contributed by atoms with Crippen molar-refractivity contribution >= 4 is 35.5 Å². The Balaban J connectivity index is 1.84. The Morgan fingerprint density at radius 1 is 0.763 bits per heavy atom. The maximum atomic E-state index is 11.9. The molecule has 38 heavy (non-hydrogen) atoms. The lowest BCUT2D eigenvalue weighted by Crippen LogP contribution is -2.63. The normalized spacial score (nSPS) is 38.6. The van der Waals surface area contributed by atoms with E-state index in [0.717, 1.165) is 20.8 Å². The number of halogens is 1. The van der Waals surface area contributed by atoms with Crippen LogP contribution in [0.15, 0.2) is 0 Å². The van der Waals surface area contributed by atoms with Gasteiger partial charge in [0, 0.05) is 20.8 Å². The van der Waals surface area contributed by atoms with Crippen molar-refractivity contribution < 1.29 is 72.0 Å². The maximum absolute atomic E-state index is 11.9. The van der Waals surface area contributed by atoms with Crippen LogP contribution in [0.3, 0.4) is 0 Å². The van der Waals surface area contributed by atoms with Gasteiger partial charge in [0.2, 0.25) is 0 Å². The fourth-order valence-corrected chi connectivity index (χ4v) is 4.34. The summed E-state index contributed by atoms with van der Waals surface area (Å²) in [6.07, 6.45) is -13.6. The van der Waals surface area contributed by atoms with E-state index in [-0.39, 0.29) is 0 Å². The van der Waals surface area contributed by atoms with Crippen molar-refractivity contribution in [2.24, 2.45) is 0 Å². The molecule has 0 aliphatic carbocycles. The van der Waals surface area contributed by atoms with E-state index in [1.165, 1.54) is 0 Å². The van der Waals surface area contributed by atoms with Gasteiger partial charge in [-0.2, -0.15) is 0 Å². The highest BCUT2D eigenvalue weighted by Crippen LogP contribution is 2.33. The predicted octanol–water partition coefficient (Wildman–Crippen LogP) is -1.49. The number of rotatable bonds is 9. The maximum Gasteiger partial charge on any atom is 0.320 e. The highest BCUT2D eigenvalue weighted by atomic mass is 35.5. The van der Waals surface area contributed by atoms with Crippen LogP contribution in [0.1, 0.15) is 27.7 Å². The first-order valence-corrected chi connectivity index (χ1v) is 12.3. The van der Waals surface area contributed by atoms with E-state index in [1.54, 1.807) is 6.92 Å². The number of esters is 4. The average Bonchev–Trinajstić information content (AvgIpc) is 3.21. The summed E-state index contributed by atoms with van der Waals surface area (Å²) in [7, 11) is 0. The SMILES string of the molecule is CC(=O)O[C@@H]1[C@@H](OC(C)=O)[C@@H](OC[C@H]2O[C@@H]3OC(C)O[C@@H]3[C@@H](O)[C@@H]2O)O[C@H](COC(=O)CCl)[C@H]1OC(C)=O. The van der Waals surface area contributed by atoms with Gasteiger partial charge in [0.15, 0.2) is 37.2 Å². The minimum Gasteiger partial charge on any atom is -0.462 e. The molecule has 11 atom stereocenters. The first-order valence-electron chi connectivity index (χ1n) is 11.7. The van der Waals surface area contributed by atoms with E-state index >= 15 is 0 Å². The Bertz CT molecular complexity index is 868. The van der Waals surface area contributed by atoms with Gasteiger partial charge in [-0.05, 0) is 6.92 Å². The van der Waals surface area contributed by atoms with Crippen LogP contribution in [-0.2, 0) is 61.8 Å². The van der Waals surface area contributed by atoms with Crippen molar-refractivity contribution in [3.8, 4) is 0 Å². The molecular formula is C22H31ClO15. The minimum absolute atomic E-state index is 0.430. The van der Waals surface area contributed by atoms with Crippen molar-refractivity contribution in [1.29, 1.82) is 0 Å². The zero-order valence-electron chi connectivity index (χ0n) is 21.1. The molecule has 0 saturated carbocycles. The molecule has 3 aliphatic heterocycles. The summed E-state index contributed by atoms with van der Waals surface area (Å²) in [5.74, 6) is -3.69. The van der Waals surface area contributed by atoms with E-state index in [4.69, 9.17) is 54.2 Å². The highest BCUT2D eigenvalue weighted by molar-refractivity contribution is 6.26. The molecule has 3 saturated heterocycles. The smallest absolute Gasteiger partial charge is 0.320 e. The lowest BCUT2D eigenvalue weighted by atomic mass is 9.97. The van der Waals surface area contributed by atoms with Crippen LogP contribution in [0.5, 0.6) is 0 Å². The molecular weight excluding hydrogens is 540 g/mol. The van der Waals surface area contributed by atoms with Gasteiger partial charge in [0.1, 0.15) is 43.0 Å². The van der Waals surface area contributed by atoms with E-state index < -0.39 is 111 Å². The molecule has 0 aromatic rings. The van der Waals surface area contributed by atoms with Crippen molar-refractivity contribution in [3.63, 3.8) is 0 Å². The zero-order chi connectivity index (χ0) is 28.1. The van der Waals surface area contributed by atoms with Gasteiger partial charge in [-0.3, -0.25) is 19.2 Å². The molecule has 2 N–H and O–H groups in total. The predicted molar refractivity (Wildman–Crippen MR) is 119 cm³/mol. The number of aliphatic hydroxyl groups excluding tert-OH is 2. The molecule has 3 heterocycles. The third-order valence-electron chi connectivity index (χ3n) is 5.76. The Hall–Kier alpha value is -2.11. The van der Waals surface area contributed by atoms with Crippen LogP contribution >= 0.6 is 11.6 Å². The van der Waals surface area contributed by atoms with Crippen LogP contribution in [-0.4, -0.2) is 121 Å². The van der Waals surface area contributed by atoms with Crippen LogP contribution in [0.2, 0.25) is 0 Å². The summed E-state index contributed by atoms with van der Waals surface area (Å²) in [5.41, 5.74) is 0. The molecule has 0 aromatic carbocycles. The van der Waals surface area contributed by atoms with E-state index in [9.17, 15) is 29.4 Å². The molecule has 16 heteroatoms. The third-order valence-corrected chi connectivity index (χ3v) is 5.98. The molecule has 15 nitrogen and oxygen atoms in total. The number of hydrogen-bond acceptors (Lipinski definition) is 15. The summed E-state index contributed by atoms with van der Waals surface area (Å²) in [6.45, 7) is 3.92. The van der Waals surface area contributed by atoms with Crippen LogP contribution in [0.4, 0.5) is 0 Å². The Kier molecular flexibility index (Phi) is 10.7. The number of aliphatic hydroxyl groups is 2. The number of carbonyl (C=O) groups is 4. The van der Waals surface area contributed by atoms with Crippen LogP contribution in [0, 0.1) is 0 Å². The van der Waals surface area contributed by atoms with Crippen LogP contribution in [0.25, 0.3) is 0 Å². The average molecular weight is 571 g/mol. The summed E-state index contributed by atoms with van der Waals surface area (Å²) in [5, 5.41) is 21.0. The molecule has 0 amide bonds. The molecule has 0 radical (unpaired) electrons. The molecule has 0 spiro atoms. The molecule has 3 rings (SSSR count). The van der Waals surface area contributed by atoms with Gasteiger partial charge in [-0.1, -0.05) is 0 Å². The summed E-state index contributed by atoms with van der Waals surface area (Å²) in [4.78, 5) is 47.3. The summed E-state index contributed by atoms with van der Waals surface area (Å²) < 4.78 is 49.1. The second-order valence-corrected chi connectivity index (χ2v) is 9.01. The first kappa shape index (κ1) is 30.4. The van der Waals surface area contributed by atoms with Crippen molar-refractivity contribution in [2.75, 3.05) is 19.1 Å².